The molecule has 5 heteroatoms. The molecule has 0 unspecified atom stereocenters. The van der Waals surface area contributed by atoms with Gasteiger partial charge in [0.05, 0.1) is 12.9 Å². The van der Waals surface area contributed by atoms with Crippen LogP contribution in [0.5, 0.6) is 0 Å². The molecule has 4 rings (SSSR count). The first-order valence-electron chi connectivity index (χ1n) is 9.21. The van der Waals surface area contributed by atoms with Gasteiger partial charge in [0.25, 0.3) is 0 Å². The number of hydrogen-bond acceptors (Lipinski definition) is 4. The summed E-state index contributed by atoms with van der Waals surface area (Å²) >= 11 is 1.50. The third-order valence-corrected chi connectivity index (χ3v) is 6.10. The van der Waals surface area contributed by atoms with Gasteiger partial charge in [-0.05, 0) is 34.0 Å². The molecule has 3 aromatic carbocycles. The number of ether oxygens (including phenoxy) is 1. The lowest BCUT2D eigenvalue weighted by atomic mass is 9.94. The van der Waals surface area contributed by atoms with Gasteiger partial charge < -0.3 is 9.64 Å². The third kappa shape index (κ3) is 3.76. The molecular formula is C23H21NO3S. The SMILES string of the molecule is COC(=O)[C@@H]1Cc2ccccc2CN1C(=O)CSc1ccc2ccccc2c1. The maximum Gasteiger partial charge on any atom is 0.328 e. The van der Waals surface area contributed by atoms with Crippen molar-refractivity contribution in [1.82, 2.24) is 4.90 Å². The van der Waals surface area contributed by atoms with Crippen molar-refractivity contribution in [2.75, 3.05) is 12.9 Å². The van der Waals surface area contributed by atoms with Crippen LogP contribution in [0.2, 0.25) is 0 Å². The molecule has 1 heterocycles. The zero-order valence-electron chi connectivity index (χ0n) is 15.6. The van der Waals surface area contributed by atoms with Gasteiger partial charge in [0.2, 0.25) is 5.91 Å². The zero-order valence-corrected chi connectivity index (χ0v) is 16.4. The number of carbonyl (C=O) groups is 2. The summed E-state index contributed by atoms with van der Waals surface area (Å²) in [6, 6.07) is 21.7. The van der Waals surface area contributed by atoms with E-state index in [1.807, 2.05) is 42.5 Å². The largest absolute Gasteiger partial charge is 0.467 e. The molecule has 3 aromatic rings. The van der Waals surface area contributed by atoms with Gasteiger partial charge in [-0.3, -0.25) is 4.79 Å². The van der Waals surface area contributed by atoms with E-state index in [1.54, 1.807) is 4.90 Å². The summed E-state index contributed by atoms with van der Waals surface area (Å²) in [6.45, 7) is 0.438. The predicted molar refractivity (Wildman–Crippen MR) is 111 cm³/mol. The highest BCUT2D eigenvalue weighted by atomic mass is 32.2. The summed E-state index contributed by atoms with van der Waals surface area (Å²) < 4.78 is 4.96. The summed E-state index contributed by atoms with van der Waals surface area (Å²) in [5.74, 6) is -0.129. The number of rotatable bonds is 4. The zero-order chi connectivity index (χ0) is 19.5. The molecule has 28 heavy (non-hydrogen) atoms. The topological polar surface area (TPSA) is 46.6 Å². The Hall–Kier alpha value is -2.79. The van der Waals surface area contributed by atoms with E-state index in [4.69, 9.17) is 4.74 Å². The van der Waals surface area contributed by atoms with E-state index >= 15 is 0 Å². The highest BCUT2D eigenvalue weighted by molar-refractivity contribution is 8.00. The minimum absolute atomic E-state index is 0.0527. The molecule has 0 saturated carbocycles. The maximum atomic E-state index is 13.0. The molecular weight excluding hydrogens is 370 g/mol. The Kier molecular flexibility index (Phi) is 5.35. The number of hydrogen-bond donors (Lipinski definition) is 0. The summed E-state index contributed by atoms with van der Waals surface area (Å²) in [5, 5.41) is 2.33. The number of benzene rings is 3. The molecule has 1 atom stereocenters. The van der Waals surface area contributed by atoms with Crippen molar-refractivity contribution in [2.45, 2.75) is 23.9 Å². The van der Waals surface area contributed by atoms with Crippen molar-refractivity contribution >= 4 is 34.4 Å². The average Bonchev–Trinajstić information content (AvgIpc) is 2.75. The van der Waals surface area contributed by atoms with Crippen molar-refractivity contribution < 1.29 is 14.3 Å². The molecule has 142 valence electrons. The van der Waals surface area contributed by atoms with Gasteiger partial charge in [-0.2, -0.15) is 0 Å². The van der Waals surface area contributed by atoms with E-state index < -0.39 is 6.04 Å². The smallest absolute Gasteiger partial charge is 0.328 e. The molecule has 1 amide bonds. The molecule has 0 aromatic heterocycles. The highest BCUT2D eigenvalue weighted by Gasteiger charge is 2.35. The number of thioether (sulfide) groups is 1. The Morgan fingerprint density at radius 1 is 1.00 bits per heavy atom. The second kappa shape index (κ2) is 8.07. The first kappa shape index (κ1) is 18.6. The van der Waals surface area contributed by atoms with Crippen molar-refractivity contribution in [3.8, 4) is 0 Å². The lowest BCUT2D eigenvalue weighted by molar-refractivity contribution is -0.153. The van der Waals surface area contributed by atoms with Crippen LogP contribution in [0, 0.1) is 0 Å². The van der Waals surface area contributed by atoms with E-state index in [0.29, 0.717) is 13.0 Å². The van der Waals surface area contributed by atoms with Crippen molar-refractivity contribution in [3.63, 3.8) is 0 Å². The minimum Gasteiger partial charge on any atom is -0.467 e. The van der Waals surface area contributed by atoms with E-state index in [2.05, 4.69) is 24.3 Å². The number of fused-ring (bicyclic) bond motifs is 2. The molecule has 0 saturated heterocycles. The van der Waals surface area contributed by atoms with Crippen LogP contribution in [0.3, 0.4) is 0 Å². The van der Waals surface area contributed by atoms with Crippen molar-refractivity contribution in [3.05, 3.63) is 77.9 Å². The van der Waals surface area contributed by atoms with Gasteiger partial charge in [0.15, 0.2) is 0 Å². The highest BCUT2D eigenvalue weighted by Crippen LogP contribution is 2.27. The van der Waals surface area contributed by atoms with Gasteiger partial charge in [-0.25, -0.2) is 4.79 Å². The summed E-state index contributed by atoms with van der Waals surface area (Å²) in [6.07, 6.45) is 0.495. The van der Waals surface area contributed by atoms with E-state index in [1.165, 1.54) is 24.3 Å². The fourth-order valence-electron chi connectivity index (χ4n) is 3.62. The standard InChI is InChI=1S/C23H21NO3S/c1-27-23(26)21-13-18-8-4-5-9-19(18)14-24(21)22(25)15-28-20-11-10-16-6-2-3-7-17(16)12-20/h2-12,21H,13-15H2,1H3/t21-/m0/s1. The van der Waals surface area contributed by atoms with Crippen LogP contribution in [-0.2, 0) is 27.3 Å². The number of carbonyl (C=O) groups excluding carboxylic acids is 2. The quantitative estimate of drug-likeness (QED) is 0.497. The second-order valence-electron chi connectivity index (χ2n) is 6.83. The fourth-order valence-corrected chi connectivity index (χ4v) is 4.45. The molecule has 0 aliphatic carbocycles. The van der Waals surface area contributed by atoms with Crippen molar-refractivity contribution in [1.29, 1.82) is 0 Å². The molecule has 0 bridgehead atoms. The number of amides is 1. The van der Waals surface area contributed by atoms with Crippen LogP contribution in [0.15, 0.2) is 71.6 Å². The van der Waals surface area contributed by atoms with Gasteiger partial charge >= 0.3 is 5.97 Å². The van der Waals surface area contributed by atoms with Crippen LogP contribution in [0.25, 0.3) is 10.8 Å². The maximum absolute atomic E-state index is 13.0. The van der Waals surface area contributed by atoms with E-state index in [9.17, 15) is 9.59 Å². The molecule has 4 nitrogen and oxygen atoms in total. The monoisotopic (exact) mass is 391 g/mol. The summed E-state index contributed by atoms with van der Waals surface area (Å²) in [7, 11) is 1.37. The number of methoxy groups -OCH3 is 1. The van der Waals surface area contributed by atoms with Gasteiger partial charge in [0.1, 0.15) is 6.04 Å². The Morgan fingerprint density at radius 2 is 1.71 bits per heavy atom. The lowest BCUT2D eigenvalue weighted by Gasteiger charge is -2.35. The van der Waals surface area contributed by atoms with E-state index in [-0.39, 0.29) is 17.6 Å². The molecule has 0 radical (unpaired) electrons. The first-order chi connectivity index (χ1) is 13.7. The van der Waals surface area contributed by atoms with Crippen molar-refractivity contribution in [2.24, 2.45) is 0 Å². The van der Waals surface area contributed by atoms with Gasteiger partial charge in [-0.1, -0.05) is 54.6 Å². The molecule has 1 aliphatic rings. The average molecular weight is 391 g/mol. The first-order valence-corrected chi connectivity index (χ1v) is 10.2. The predicted octanol–water partition coefficient (Wildman–Crippen LogP) is 4.06. The second-order valence-corrected chi connectivity index (χ2v) is 7.88. The fraction of sp³-hybridized carbons (Fsp3) is 0.217. The van der Waals surface area contributed by atoms with Gasteiger partial charge in [-0.15, -0.1) is 11.8 Å². The summed E-state index contributed by atoms with van der Waals surface area (Å²) in [4.78, 5) is 28.0. The Bertz CT molecular complexity index is 1030. The van der Waals surface area contributed by atoms with Crippen LogP contribution in [-0.4, -0.2) is 35.7 Å². The molecule has 0 N–H and O–H groups in total. The van der Waals surface area contributed by atoms with Crippen LogP contribution >= 0.6 is 11.8 Å². The van der Waals surface area contributed by atoms with Gasteiger partial charge in [0, 0.05) is 17.9 Å². The lowest BCUT2D eigenvalue weighted by Crippen LogP contribution is -2.49. The Labute approximate surface area is 168 Å². The third-order valence-electron chi connectivity index (χ3n) is 5.13. The number of nitrogens with zero attached hydrogens (tertiary/aromatic N) is 1. The molecule has 0 fully saturated rings. The number of esters is 1. The molecule has 0 spiro atoms. The van der Waals surface area contributed by atoms with E-state index in [0.717, 1.165) is 21.4 Å². The molecule has 1 aliphatic heterocycles. The summed E-state index contributed by atoms with van der Waals surface area (Å²) in [5.41, 5.74) is 2.19. The Morgan fingerprint density at radius 3 is 2.50 bits per heavy atom. The minimum atomic E-state index is -0.565. The van der Waals surface area contributed by atoms with Crippen LogP contribution in [0.1, 0.15) is 11.1 Å². The Balaban J connectivity index is 1.50. The van der Waals surface area contributed by atoms with Crippen LogP contribution in [0.4, 0.5) is 0 Å². The normalized spacial score (nSPS) is 15.9. The van der Waals surface area contributed by atoms with Crippen LogP contribution < -0.4 is 0 Å².